The van der Waals surface area contributed by atoms with Crippen LogP contribution in [0.1, 0.15) is 66.1 Å². The fourth-order valence-corrected chi connectivity index (χ4v) is 6.17. The van der Waals surface area contributed by atoms with E-state index < -0.39 is 28.5 Å². The van der Waals surface area contributed by atoms with Crippen molar-refractivity contribution in [3.05, 3.63) is 80.8 Å². The van der Waals surface area contributed by atoms with Gasteiger partial charge in [0.05, 0.1) is 34.5 Å². The summed E-state index contributed by atoms with van der Waals surface area (Å²) >= 11 is 0. The van der Waals surface area contributed by atoms with E-state index in [0.717, 1.165) is 5.56 Å². The van der Waals surface area contributed by atoms with Gasteiger partial charge in [-0.25, -0.2) is 14.5 Å². The molecular weight excluding hydrogens is 527 g/mol. The first kappa shape index (κ1) is 28.0. The summed E-state index contributed by atoms with van der Waals surface area (Å²) in [5.74, 6) is -0.848. The molecule has 1 aromatic carbocycles. The van der Waals surface area contributed by atoms with Crippen molar-refractivity contribution in [2.45, 2.75) is 71.5 Å². The van der Waals surface area contributed by atoms with Crippen LogP contribution in [0.15, 0.2) is 41.2 Å². The van der Waals surface area contributed by atoms with Gasteiger partial charge in [0.2, 0.25) is 5.91 Å². The standard InChI is InChI=1S/C30H31FN6O4/c1-16-12-19(31)6-7-20(16)30-11-10-25(29(4,5)15-32)37(30)28(40)22(14-30)34-26(38)21-8-9-23(18(3)33-21)41-24-13-17(2)35-36-27(24)39/h6-9,12-13,22,25H,10-11,14H2,1-5H3,(H,34,38)(H,36,39)/t22-,25+,30+/m0/s1. The summed E-state index contributed by atoms with van der Waals surface area (Å²) in [6.07, 6.45) is 1.49. The zero-order valence-electron chi connectivity index (χ0n) is 23.5. The number of H-pyrrole nitrogens is 1. The maximum absolute atomic E-state index is 14.0. The number of nitriles is 1. The molecule has 2 aliphatic rings. The van der Waals surface area contributed by atoms with Crippen LogP contribution in [0.5, 0.6) is 11.5 Å². The third-order valence-corrected chi connectivity index (χ3v) is 8.19. The Morgan fingerprint density at radius 2 is 1.95 bits per heavy atom. The Labute approximate surface area is 236 Å². The topological polar surface area (TPSA) is 141 Å². The maximum Gasteiger partial charge on any atom is 0.307 e. The largest absolute Gasteiger partial charge is 0.450 e. The van der Waals surface area contributed by atoms with Gasteiger partial charge >= 0.3 is 5.56 Å². The number of rotatable bonds is 6. The number of nitrogens with zero attached hydrogens (tertiary/aromatic N) is 4. The second-order valence-electron chi connectivity index (χ2n) is 11.4. The monoisotopic (exact) mass is 558 g/mol. The number of aromatic amines is 1. The fraction of sp³-hybridized carbons (Fsp3) is 0.400. The molecule has 3 aromatic rings. The molecule has 0 radical (unpaired) electrons. The Morgan fingerprint density at radius 3 is 2.63 bits per heavy atom. The lowest BCUT2D eigenvalue weighted by Crippen LogP contribution is -2.50. The normalized spacial score (nSPS) is 21.9. The third kappa shape index (κ3) is 4.84. The first-order valence-electron chi connectivity index (χ1n) is 13.4. The third-order valence-electron chi connectivity index (χ3n) is 8.19. The van der Waals surface area contributed by atoms with Crippen molar-refractivity contribution < 1.29 is 18.7 Å². The van der Waals surface area contributed by atoms with Crippen LogP contribution in [0.3, 0.4) is 0 Å². The highest BCUT2D eigenvalue weighted by atomic mass is 19.1. The van der Waals surface area contributed by atoms with Crippen LogP contribution in [0.4, 0.5) is 4.39 Å². The van der Waals surface area contributed by atoms with Crippen molar-refractivity contribution >= 4 is 11.8 Å². The van der Waals surface area contributed by atoms with E-state index in [9.17, 15) is 24.0 Å². The molecule has 0 aliphatic carbocycles. The number of aromatic nitrogens is 3. The van der Waals surface area contributed by atoms with Crippen molar-refractivity contribution in [2.75, 3.05) is 0 Å². The smallest absolute Gasteiger partial charge is 0.307 e. The molecule has 0 spiro atoms. The van der Waals surface area contributed by atoms with Crippen molar-refractivity contribution in [1.29, 1.82) is 5.26 Å². The molecule has 4 heterocycles. The van der Waals surface area contributed by atoms with E-state index in [1.807, 2.05) is 20.8 Å². The van der Waals surface area contributed by atoms with Gasteiger partial charge in [-0.15, -0.1) is 0 Å². The summed E-state index contributed by atoms with van der Waals surface area (Å²) in [7, 11) is 0. The molecule has 11 heteroatoms. The molecule has 0 unspecified atom stereocenters. The van der Waals surface area contributed by atoms with Gasteiger partial charge in [-0.2, -0.15) is 10.4 Å². The highest BCUT2D eigenvalue weighted by molar-refractivity contribution is 5.97. The summed E-state index contributed by atoms with van der Waals surface area (Å²) < 4.78 is 19.7. The van der Waals surface area contributed by atoms with E-state index in [0.29, 0.717) is 35.5 Å². The molecule has 212 valence electrons. The molecule has 2 aliphatic heterocycles. The van der Waals surface area contributed by atoms with Crippen LogP contribution in [0.25, 0.3) is 0 Å². The first-order chi connectivity index (χ1) is 19.4. The summed E-state index contributed by atoms with van der Waals surface area (Å²) in [6, 6.07) is 10.1. The molecule has 2 amide bonds. The van der Waals surface area contributed by atoms with Crippen LogP contribution in [0.2, 0.25) is 0 Å². The van der Waals surface area contributed by atoms with E-state index in [2.05, 4.69) is 26.6 Å². The van der Waals surface area contributed by atoms with Crippen LogP contribution in [-0.2, 0) is 10.3 Å². The lowest BCUT2D eigenvalue weighted by Gasteiger charge is -2.40. The zero-order valence-corrected chi connectivity index (χ0v) is 23.5. The van der Waals surface area contributed by atoms with Crippen molar-refractivity contribution in [1.82, 2.24) is 25.4 Å². The molecule has 0 saturated carbocycles. The van der Waals surface area contributed by atoms with Crippen LogP contribution >= 0.6 is 0 Å². The SMILES string of the molecule is Cc1cc(Oc2ccc(C(=O)N[C@H]3C[C@@]4(c5ccc(F)cc5C)CC[C@H](C(C)(C)C#N)N4C3=O)nc2C)c(=O)[nH]n1. The number of pyridine rings is 1. The van der Waals surface area contributed by atoms with Gasteiger partial charge in [0.15, 0.2) is 5.75 Å². The van der Waals surface area contributed by atoms with E-state index in [1.165, 1.54) is 30.3 Å². The summed E-state index contributed by atoms with van der Waals surface area (Å²) in [6.45, 7) is 8.78. The van der Waals surface area contributed by atoms with E-state index in [1.54, 1.807) is 24.8 Å². The number of hydrogen-bond acceptors (Lipinski definition) is 7. The molecule has 2 N–H and O–H groups in total. The number of amides is 2. The Bertz CT molecular complexity index is 1660. The summed E-state index contributed by atoms with van der Waals surface area (Å²) in [4.78, 5) is 45.4. The minimum Gasteiger partial charge on any atom is -0.450 e. The number of carbonyl (C=O) groups is 2. The lowest BCUT2D eigenvalue weighted by atomic mass is 9.82. The number of aryl methyl sites for hydroxylation is 3. The average molecular weight is 559 g/mol. The number of nitrogens with one attached hydrogen (secondary N) is 2. The Balaban J connectivity index is 1.42. The fourth-order valence-electron chi connectivity index (χ4n) is 6.17. The molecule has 5 rings (SSSR count). The molecule has 41 heavy (non-hydrogen) atoms. The molecule has 0 bridgehead atoms. The molecular formula is C30H31FN6O4. The van der Waals surface area contributed by atoms with E-state index >= 15 is 0 Å². The van der Waals surface area contributed by atoms with Crippen LogP contribution in [0, 0.1) is 43.3 Å². The van der Waals surface area contributed by atoms with Gasteiger partial charge in [0, 0.05) is 12.5 Å². The van der Waals surface area contributed by atoms with Crippen molar-refractivity contribution in [2.24, 2.45) is 5.41 Å². The van der Waals surface area contributed by atoms with Crippen LogP contribution < -0.4 is 15.6 Å². The Kier molecular flexibility index (Phi) is 6.89. The lowest BCUT2D eigenvalue weighted by molar-refractivity contribution is -0.135. The Hall–Kier alpha value is -4.59. The van der Waals surface area contributed by atoms with Gasteiger partial charge < -0.3 is 15.0 Å². The highest BCUT2D eigenvalue weighted by Crippen LogP contribution is 2.54. The van der Waals surface area contributed by atoms with Gasteiger partial charge in [-0.1, -0.05) is 6.07 Å². The number of fused-ring (bicyclic) bond motifs is 1. The molecule has 10 nitrogen and oxygen atoms in total. The van der Waals surface area contributed by atoms with Crippen molar-refractivity contribution in [3.8, 4) is 17.6 Å². The Morgan fingerprint density at radius 1 is 1.20 bits per heavy atom. The van der Waals surface area contributed by atoms with Gasteiger partial charge in [-0.3, -0.25) is 14.4 Å². The van der Waals surface area contributed by atoms with E-state index in [4.69, 9.17) is 4.74 Å². The average Bonchev–Trinajstić information content (AvgIpc) is 3.43. The molecule has 3 atom stereocenters. The minimum atomic E-state index is -0.861. The summed E-state index contributed by atoms with van der Waals surface area (Å²) in [5, 5.41) is 18.9. The minimum absolute atomic E-state index is 0.0491. The molecule has 2 aromatic heterocycles. The van der Waals surface area contributed by atoms with Gasteiger partial charge in [-0.05, 0) is 82.9 Å². The highest BCUT2D eigenvalue weighted by Gasteiger charge is 2.61. The molecule has 2 fully saturated rings. The second kappa shape index (κ2) is 10.1. The maximum atomic E-state index is 14.0. The number of carbonyl (C=O) groups excluding carboxylic acids is 2. The molecule has 2 saturated heterocycles. The zero-order chi connectivity index (χ0) is 29.7. The predicted octanol–water partition coefficient (Wildman–Crippen LogP) is 3.96. The number of ether oxygens (including phenoxy) is 1. The second-order valence-corrected chi connectivity index (χ2v) is 11.4. The van der Waals surface area contributed by atoms with Gasteiger partial charge in [0.1, 0.15) is 23.3 Å². The number of benzene rings is 1. The van der Waals surface area contributed by atoms with Gasteiger partial charge in [0.25, 0.3) is 5.91 Å². The van der Waals surface area contributed by atoms with Crippen molar-refractivity contribution in [3.63, 3.8) is 0 Å². The number of hydrogen-bond donors (Lipinski definition) is 2. The predicted molar refractivity (Wildman–Crippen MR) is 147 cm³/mol. The number of halogens is 1. The first-order valence-corrected chi connectivity index (χ1v) is 13.4. The quantitative estimate of drug-likeness (QED) is 0.467. The van der Waals surface area contributed by atoms with Crippen LogP contribution in [-0.4, -0.2) is 44.0 Å². The van der Waals surface area contributed by atoms with E-state index in [-0.39, 0.29) is 35.6 Å². The summed E-state index contributed by atoms with van der Waals surface area (Å²) in [5.41, 5.74) is 0.445.